The number of carbonyl (C=O) groups excluding carboxylic acids is 1. The van der Waals surface area contributed by atoms with Gasteiger partial charge in [-0.05, 0) is 23.6 Å². The molecule has 6 nitrogen and oxygen atoms in total. The second-order valence-electron chi connectivity index (χ2n) is 7.48. The van der Waals surface area contributed by atoms with Crippen LogP contribution >= 0.6 is 0 Å². The topological polar surface area (TPSA) is 95.7 Å². The van der Waals surface area contributed by atoms with E-state index in [9.17, 15) is 22.4 Å². The maximum Gasteiger partial charge on any atom is 0.290 e. The fourth-order valence-corrected chi connectivity index (χ4v) is 3.99. The molecule has 1 aliphatic carbocycles. The molecule has 1 aliphatic heterocycles. The fraction of sp³-hybridized carbons (Fsp3) is 0.333. The summed E-state index contributed by atoms with van der Waals surface area (Å²) in [5, 5.41) is 9.67. The van der Waals surface area contributed by atoms with Crippen molar-refractivity contribution >= 4 is 12.4 Å². The molecular formula is C21H21F4N3O3. The van der Waals surface area contributed by atoms with Gasteiger partial charge in [0.25, 0.3) is 12.4 Å². The molecule has 1 amide bonds. The minimum absolute atomic E-state index is 0.140. The number of fused-ring (bicyclic) bond motifs is 1. The molecule has 1 saturated heterocycles. The summed E-state index contributed by atoms with van der Waals surface area (Å²) < 4.78 is 54.4. The third-order valence-electron chi connectivity index (χ3n) is 5.35. The first-order valence-electron chi connectivity index (χ1n) is 9.45. The van der Waals surface area contributed by atoms with Crippen molar-refractivity contribution in [1.29, 1.82) is 0 Å². The van der Waals surface area contributed by atoms with Crippen LogP contribution in [0.5, 0.6) is 0 Å². The van der Waals surface area contributed by atoms with Gasteiger partial charge in [-0.3, -0.25) is 14.5 Å². The SMILES string of the molecule is N[C@H]1c2ccccc2C[C@@H]1NC(=O)C(c1ccc(F)cc1F)N1CC(F)(F)C1.O=CO. The summed E-state index contributed by atoms with van der Waals surface area (Å²) in [4.78, 5) is 22.5. The van der Waals surface area contributed by atoms with Crippen LogP contribution in [-0.2, 0) is 16.0 Å². The summed E-state index contributed by atoms with van der Waals surface area (Å²) in [7, 11) is 0. The van der Waals surface area contributed by atoms with E-state index in [4.69, 9.17) is 15.6 Å². The average Bonchev–Trinajstić information content (AvgIpc) is 2.99. The molecule has 0 aromatic heterocycles. The molecule has 1 heterocycles. The lowest BCUT2D eigenvalue weighted by Gasteiger charge is -2.43. The molecule has 0 radical (unpaired) electrons. The molecule has 2 aromatic carbocycles. The number of hydrogen-bond donors (Lipinski definition) is 3. The van der Waals surface area contributed by atoms with E-state index in [1.807, 2.05) is 24.3 Å². The highest BCUT2D eigenvalue weighted by atomic mass is 19.3. The number of halogens is 4. The number of carboxylic acid groups (broad SMARTS) is 1. The lowest BCUT2D eigenvalue weighted by molar-refractivity contribution is -0.159. The van der Waals surface area contributed by atoms with Crippen LogP contribution in [0.3, 0.4) is 0 Å². The van der Waals surface area contributed by atoms with Gasteiger partial charge in [0.05, 0.1) is 25.2 Å². The van der Waals surface area contributed by atoms with Gasteiger partial charge in [0.15, 0.2) is 0 Å². The molecule has 31 heavy (non-hydrogen) atoms. The Morgan fingerprint density at radius 3 is 2.45 bits per heavy atom. The second-order valence-corrected chi connectivity index (χ2v) is 7.48. The Bertz CT molecular complexity index is 965. The van der Waals surface area contributed by atoms with Crippen LogP contribution in [0, 0.1) is 11.6 Å². The standard InChI is InChI=1S/C20H19F4N3O.CH2O2/c21-12-5-6-14(15(22)8-12)18(27-9-20(23,24)10-27)19(28)26-16-7-11-3-1-2-4-13(11)17(16)25;2-1-3/h1-6,8,16-18H,7,9-10,25H2,(H,26,28);1H,(H,2,3)/t16-,17-,18?;/m0./s1. The van der Waals surface area contributed by atoms with E-state index >= 15 is 0 Å². The van der Waals surface area contributed by atoms with Crippen molar-refractivity contribution in [3.05, 3.63) is 70.8 Å². The van der Waals surface area contributed by atoms with E-state index in [0.717, 1.165) is 23.3 Å². The Morgan fingerprint density at radius 2 is 1.87 bits per heavy atom. The number of carbonyl (C=O) groups is 2. The van der Waals surface area contributed by atoms with E-state index in [2.05, 4.69) is 5.32 Å². The van der Waals surface area contributed by atoms with Gasteiger partial charge in [0.2, 0.25) is 5.91 Å². The third kappa shape index (κ3) is 4.86. The van der Waals surface area contributed by atoms with Gasteiger partial charge in [-0.2, -0.15) is 0 Å². The van der Waals surface area contributed by atoms with E-state index in [1.54, 1.807) is 0 Å². The number of nitrogens with zero attached hydrogens (tertiary/aromatic N) is 1. The van der Waals surface area contributed by atoms with Gasteiger partial charge in [0.1, 0.15) is 17.7 Å². The Hall–Kier alpha value is -2.98. The van der Waals surface area contributed by atoms with E-state index < -0.39 is 54.7 Å². The first-order chi connectivity index (χ1) is 14.7. The lowest BCUT2D eigenvalue weighted by Crippen LogP contribution is -2.60. The van der Waals surface area contributed by atoms with Crippen molar-refractivity contribution in [2.45, 2.75) is 30.5 Å². The highest BCUT2D eigenvalue weighted by Gasteiger charge is 2.49. The molecule has 1 unspecified atom stereocenters. The van der Waals surface area contributed by atoms with Crippen LogP contribution in [0.2, 0.25) is 0 Å². The van der Waals surface area contributed by atoms with Crippen molar-refractivity contribution in [3.8, 4) is 0 Å². The van der Waals surface area contributed by atoms with Crippen LogP contribution in [0.15, 0.2) is 42.5 Å². The molecule has 10 heteroatoms. The third-order valence-corrected chi connectivity index (χ3v) is 5.35. The highest BCUT2D eigenvalue weighted by molar-refractivity contribution is 5.84. The molecule has 3 atom stereocenters. The van der Waals surface area contributed by atoms with E-state index in [1.165, 1.54) is 4.90 Å². The van der Waals surface area contributed by atoms with Gasteiger partial charge >= 0.3 is 0 Å². The molecule has 0 spiro atoms. The number of benzene rings is 2. The van der Waals surface area contributed by atoms with Crippen LogP contribution in [0.4, 0.5) is 17.6 Å². The molecule has 2 aromatic rings. The van der Waals surface area contributed by atoms with Gasteiger partial charge in [-0.25, -0.2) is 17.6 Å². The zero-order valence-electron chi connectivity index (χ0n) is 16.3. The van der Waals surface area contributed by atoms with Gasteiger partial charge < -0.3 is 16.2 Å². The van der Waals surface area contributed by atoms with E-state index in [0.29, 0.717) is 12.5 Å². The minimum atomic E-state index is -2.94. The predicted molar refractivity (Wildman–Crippen MR) is 103 cm³/mol. The van der Waals surface area contributed by atoms with Crippen molar-refractivity contribution in [3.63, 3.8) is 0 Å². The number of hydrogen-bond acceptors (Lipinski definition) is 4. The van der Waals surface area contributed by atoms with Crippen molar-refractivity contribution < 1.29 is 32.3 Å². The van der Waals surface area contributed by atoms with Crippen LogP contribution in [-0.4, -0.2) is 47.4 Å². The van der Waals surface area contributed by atoms with E-state index in [-0.39, 0.29) is 12.0 Å². The molecule has 0 bridgehead atoms. The fourth-order valence-electron chi connectivity index (χ4n) is 3.99. The van der Waals surface area contributed by atoms with Crippen molar-refractivity contribution in [1.82, 2.24) is 10.2 Å². The maximum atomic E-state index is 14.3. The summed E-state index contributed by atoms with van der Waals surface area (Å²) in [6.45, 7) is -1.59. The second kappa shape index (κ2) is 9.03. The predicted octanol–water partition coefficient (Wildman–Crippen LogP) is 2.40. The molecule has 2 aliphatic rings. The van der Waals surface area contributed by atoms with Crippen molar-refractivity contribution in [2.75, 3.05) is 13.1 Å². The summed E-state index contributed by atoms with van der Waals surface area (Å²) >= 11 is 0. The molecular weight excluding hydrogens is 418 g/mol. The summed E-state index contributed by atoms with van der Waals surface area (Å²) in [6, 6.07) is 8.11. The summed E-state index contributed by atoms with van der Waals surface area (Å²) in [5.41, 5.74) is 7.99. The van der Waals surface area contributed by atoms with Crippen molar-refractivity contribution in [2.24, 2.45) is 5.73 Å². The molecule has 4 rings (SSSR count). The maximum absolute atomic E-state index is 14.3. The minimum Gasteiger partial charge on any atom is -0.483 e. The quantitative estimate of drug-likeness (QED) is 0.502. The zero-order valence-corrected chi connectivity index (χ0v) is 16.3. The normalized spacial score (nSPS) is 22.4. The zero-order chi connectivity index (χ0) is 22.8. The number of nitrogens with two attached hydrogens (primary N) is 1. The number of nitrogens with one attached hydrogen (secondary N) is 1. The largest absolute Gasteiger partial charge is 0.483 e. The van der Waals surface area contributed by atoms with Crippen LogP contribution < -0.4 is 11.1 Å². The molecule has 4 N–H and O–H groups in total. The van der Waals surface area contributed by atoms with Crippen LogP contribution in [0.1, 0.15) is 28.8 Å². The summed E-state index contributed by atoms with van der Waals surface area (Å²) in [5.74, 6) is -5.32. The number of alkyl halides is 2. The molecule has 166 valence electrons. The Balaban J connectivity index is 0.000000858. The number of likely N-dealkylation sites (tertiary alicyclic amines) is 1. The highest BCUT2D eigenvalue weighted by Crippen LogP contribution is 2.37. The van der Waals surface area contributed by atoms with Gasteiger partial charge in [-0.15, -0.1) is 0 Å². The monoisotopic (exact) mass is 439 g/mol. The smallest absolute Gasteiger partial charge is 0.290 e. The van der Waals surface area contributed by atoms with Gasteiger partial charge in [0, 0.05) is 11.6 Å². The lowest BCUT2D eigenvalue weighted by atomic mass is 9.97. The first-order valence-corrected chi connectivity index (χ1v) is 9.45. The number of amides is 1. The Labute approximate surface area is 175 Å². The first kappa shape index (κ1) is 22.7. The Kier molecular flexibility index (Phi) is 6.61. The molecule has 1 fully saturated rings. The number of rotatable bonds is 4. The summed E-state index contributed by atoms with van der Waals surface area (Å²) in [6.07, 6.45) is 0.498. The Morgan fingerprint density at radius 1 is 1.23 bits per heavy atom. The average molecular weight is 439 g/mol. The van der Waals surface area contributed by atoms with Gasteiger partial charge in [-0.1, -0.05) is 30.3 Å². The van der Waals surface area contributed by atoms with Crippen LogP contribution in [0.25, 0.3) is 0 Å². The molecule has 0 saturated carbocycles.